The van der Waals surface area contributed by atoms with E-state index in [9.17, 15) is 9.59 Å². The standard InChI is InChI=1S/C14H28N2O5/c1-4-6-12(13(17)18)11-15-14(19)16(8-10-21-3)7-5-9-20-2/h12H,4-11H2,1-3H3,(H,15,19)(H,17,18). The Kier molecular flexibility index (Phi) is 11.6. The first kappa shape index (κ1) is 19.7. The van der Waals surface area contributed by atoms with Crippen LogP contribution in [-0.4, -0.2) is 69.1 Å². The molecule has 7 nitrogen and oxygen atoms in total. The van der Waals surface area contributed by atoms with Gasteiger partial charge in [-0.15, -0.1) is 0 Å². The number of amides is 2. The Morgan fingerprint density at radius 3 is 2.38 bits per heavy atom. The second kappa shape index (κ2) is 12.4. The van der Waals surface area contributed by atoms with E-state index in [1.54, 1.807) is 19.1 Å². The number of nitrogens with zero attached hydrogens (tertiary/aromatic N) is 1. The lowest BCUT2D eigenvalue weighted by Gasteiger charge is -2.23. The maximum absolute atomic E-state index is 12.1. The van der Waals surface area contributed by atoms with Crippen LogP contribution in [0.15, 0.2) is 0 Å². The number of carbonyl (C=O) groups excluding carboxylic acids is 1. The summed E-state index contributed by atoms with van der Waals surface area (Å²) < 4.78 is 9.95. The molecule has 0 heterocycles. The van der Waals surface area contributed by atoms with Crippen LogP contribution in [0.3, 0.4) is 0 Å². The predicted octanol–water partition coefficient (Wildman–Crippen LogP) is 1.18. The van der Waals surface area contributed by atoms with Crippen molar-refractivity contribution >= 4 is 12.0 Å². The number of urea groups is 1. The van der Waals surface area contributed by atoms with Gasteiger partial charge in [0.2, 0.25) is 0 Å². The lowest BCUT2D eigenvalue weighted by molar-refractivity contribution is -0.141. The summed E-state index contributed by atoms with van der Waals surface area (Å²) in [6.45, 7) is 4.11. The molecule has 0 fully saturated rings. The number of carboxylic acid groups (broad SMARTS) is 1. The summed E-state index contributed by atoms with van der Waals surface area (Å²) in [5, 5.41) is 11.8. The van der Waals surface area contributed by atoms with E-state index in [-0.39, 0.29) is 12.6 Å². The number of ether oxygens (including phenoxy) is 2. The Hall–Kier alpha value is -1.34. The molecule has 0 aromatic carbocycles. The Morgan fingerprint density at radius 1 is 1.19 bits per heavy atom. The fourth-order valence-corrected chi connectivity index (χ4v) is 1.90. The average molecular weight is 304 g/mol. The Labute approximate surface area is 126 Å². The predicted molar refractivity (Wildman–Crippen MR) is 79.4 cm³/mol. The van der Waals surface area contributed by atoms with Gasteiger partial charge in [-0.2, -0.15) is 0 Å². The van der Waals surface area contributed by atoms with Crippen molar-refractivity contribution in [1.82, 2.24) is 10.2 Å². The minimum Gasteiger partial charge on any atom is -0.481 e. The molecule has 1 unspecified atom stereocenters. The summed E-state index contributed by atoms with van der Waals surface area (Å²) >= 11 is 0. The van der Waals surface area contributed by atoms with Crippen LogP contribution in [0.4, 0.5) is 4.79 Å². The van der Waals surface area contributed by atoms with E-state index in [4.69, 9.17) is 14.6 Å². The largest absolute Gasteiger partial charge is 0.481 e. The minimum atomic E-state index is -0.875. The molecule has 1 atom stereocenters. The molecular weight excluding hydrogens is 276 g/mol. The van der Waals surface area contributed by atoms with Gasteiger partial charge in [-0.1, -0.05) is 13.3 Å². The highest BCUT2D eigenvalue weighted by Crippen LogP contribution is 2.05. The number of hydrogen-bond acceptors (Lipinski definition) is 4. The molecule has 0 saturated heterocycles. The van der Waals surface area contributed by atoms with Crippen LogP contribution in [-0.2, 0) is 14.3 Å². The number of carboxylic acids is 1. The van der Waals surface area contributed by atoms with Crippen LogP contribution < -0.4 is 5.32 Å². The van der Waals surface area contributed by atoms with Crippen molar-refractivity contribution in [1.29, 1.82) is 0 Å². The highest BCUT2D eigenvalue weighted by molar-refractivity contribution is 5.76. The Balaban J connectivity index is 4.32. The third-order valence-electron chi connectivity index (χ3n) is 3.12. The Morgan fingerprint density at radius 2 is 1.86 bits per heavy atom. The molecule has 2 N–H and O–H groups in total. The van der Waals surface area contributed by atoms with Gasteiger partial charge in [-0.3, -0.25) is 4.79 Å². The second-order valence-corrected chi connectivity index (χ2v) is 4.84. The van der Waals surface area contributed by atoms with Crippen molar-refractivity contribution in [2.24, 2.45) is 5.92 Å². The number of rotatable bonds is 12. The van der Waals surface area contributed by atoms with Crippen molar-refractivity contribution in [3.63, 3.8) is 0 Å². The summed E-state index contributed by atoms with van der Waals surface area (Å²) in [5.74, 6) is -1.41. The maximum Gasteiger partial charge on any atom is 0.317 e. The second-order valence-electron chi connectivity index (χ2n) is 4.84. The van der Waals surface area contributed by atoms with Crippen LogP contribution in [0.5, 0.6) is 0 Å². The molecule has 0 aliphatic heterocycles. The molecule has 0 rings (SSSR count). The van der Waals surface area contributed by atoms with Crippen LogP contribution in [0.1, 0.15) is 26.2 Å². The smallest absolute Gasteiger partial charge is 0.317 e. The van der Waals surface area contributed by atoms with Gasteiger partial charge in [0.05, 0.1) is 12.5 Å². The third-order valence-corrected chi connectivity index (χ3v) is 3.12. The lowest BCUT2D eigenvalue weighted by atomic mass is 10.0. The Bertz CT molecular complexity index is 299. The zero-order valence-electron chi connectivity index (χ0n) is 13.3. The molecule has 2 amide bonds. The van der Waals surface area contributed by atoms with Crippen molar-refractivity contribution in [3.05, 3.63) is 0 Å². The van der Waals surface area contributed by atoms with Gasteiger partial charge in [0.25, 0.3) is 0 Å². The van der Waals surface area contributed by atoms with E-state index < -0.39 is 11.9 Å². The topological polar surface area (TPSA) is 88.1 Å². The molecule has 0 aliphatic carbocycles. The molecule has 0 bridgehead atoms. The maximum atomic E-state index is 12.1. The number of carbonyl (C=O) groups is 2. The van der Waals surface area contributed by atoms with Gasteiger partial charge < -0.3 is 24.8 Å². The first-order chi connectivity index (χ1) is 10.1. The highest BCUT2D eigenvalue weighted by Gasteiger charge is 2.19. The van der Waals surface area contributed by atoms with Crippen molar-refractivity contribution in [3.8, 4) is 0 Å². The average Bonchev–Trinajstić information content (AvgIpc) is 2.46. The first-order valence-corrected chi connectivity index (χ1v) is 7.30. The third kappa shape index (κ3) is 9.25. The van der Waals surface area contributed by atoms with Gasteiger partial charge in [-0.05, 0) is 12.8 Å². The number of nitrogens with one attached hydrogen (secondary N) is 1. The van der Waals surface area contributed by atoms with Crippen LogP contribution in [0.25, 0.3) is 0 Å². The number of methoxy groups -OCH3 is 2. The van der Waals surface area contributed by atoms with Gasteiger partial charge >= 0.3 is 12.0 Å². The summed E-state index contributed by atoms with van der Waals surface area (Å²) in [7, 11) is 3.19. The lowest BCUT2D eigenvalue weighted by Crippen LogP contribution is -2.44. The minimum absolute atomic E-state index is 0.149. The quantitative estimate of drug-likeness (QED) is 0.529. The summed E-state index contributed by atoms with van der Waals surface area (Å²) in [6, 6.07) is -0.259. The molecule has 0 spiro atoms. The fraction of sp³-hybridized carbons (Fsp3) is 0.857. The van der Waals surface area contributed by atoms with Crippen molar-refractivity contribution in [2.75, 3.05) is 47.1 Å². The van der Waals surface area contributed by atoms with E-state index in [0.717, 1.165) is 12.8 Å². The molecule has 0 aromatic rings. The molecule has 124 valence electrons. The van der Waals surface area contributed by atoms with Gasteiger partial charge in [0.15, 0.2) is 0 Å². The van der Waals surface area contributed by atoms with E-state index in [0.29, 0.717) is 32.7 Å². The number of hydrogen-bond donors (Lipinski definition) is 2. The normalized spacial score (nSPS) is 12.0. The summed E-state index contributed by atoms with van der Waals surface area (Å²) in [5.41, 5.74) is 0. The van der Waals surface area contributed by atoms with Crippen LogP contribution >= 0.6 is 0 Å². The van der Waals surface area contributed by atoms with Gasteiger partial charge in [-0.25, -0.2) is 4.79 Å². The van der Waals surface area contributed by atoms with E-state index >= 15 is 0 Å². The zero-order chi connectivity index (χ0) is 16.1. The molecule has 0 radical (unpaired) electrons. The number of aliphatic carboxylic acids is 1. The van der Waals surface area contributed by atoms with Gasteiger partial charge in [0.1, 0.15) is 0 Å². The molecule has 7 heteroatoms. The SMILES string of the molecule is CCCC(CNC(=O)N(CCCOC)CCOC)C(=O)O. The molecule has 0 aliphatic rings. The van der Waals surface area contributed by atoms with Gasteiger partial charge in [0, 0.05) is 40.5 Å². The van der Waals surface area contributed by atoms with Crippen molar-refractivity contribution in [2.45, 2.75) is 26.2 Å². The van der Waals surface area contributed by atoms with E-state index in [1.165, 1.54) is 0 Å². The first-order valence-electron chi connectivity index (χ1n) is 7.30. The summed E-state index contributed by atoms with van der Waals surface area (Å²) in [6.07, 6.45) is 2.05. The molecule has 21 heavy (non-hydrogen) atoms. The van der Waals surface area contributed by atoms with E-state index in [2.05, 4.69) is 5.32 Å². The molecule has 0 saturated carbocycles. The highest BCUT2D eigenvalue weighted by atomic mass is 16.5. The van der Waals surface area contributed by atoms with Crippen molar-refractivity contribution < 1.29 is 24.2 Å². The van der Waals surface area contributed by atoms with E-state index in [1.807, 2.05) is 6.92 Å². The molecule has 0 aromatic heterocycles. The van der Waals surface area contributed by atoms with Crippen LogP contribution in [0, 0.1) is 5.92 Å². The fourth-order valence-electron chi connectivity index (χ4n) is 1.90. The monoisotopic (exact) mass is 304 g/mol. The molecular formula is C14H28N2O5. The summed E-state index contributed by atoms with van der Waals surface area (Å²) in [4.78, 5) is 24.8. The van der Waals surface area contributed by atoms with Crippen LogP contribution in [0.2, 0.25) is 0 Å². The zero-order valence-corrected chi connectivity index (χ0v) is 13.3.